The third kappa shape index (κ3) is 3.71. The van der Waals surface area contributed by atoms with Crippen molar-refractivity contribution in [1.29, 1.82) is 0 Å². The zero-order valence-electron chi connectivity index (χ0n) is 15.3. The van der Waals surface area contributed by atoms with Crippen molar-refractivity contribution >= 4 is 32.5 Å². The molecule has 2 atom stereocenters. The average molecular weight is 403 g/mol. The minimum absolute atomic E-state index is 0.123. The van der Waals surface area contributed by atoms with Crippen LogP contribution in [0.1, 0.15) is 11.1 Å². The van der Waals surface area contributed by atoms with Crippen LogP contribution in [-0.2, 0) is 15.6 Å². The third-order valence-corrected chi connectivity index (χ3v) is 7.68. The van der Waals surface area contributed by atoms with E-state index in [2.05, 4.69) is 36.1 Å². The van der Waals surface area contributed by atoms with Gasteiger partial charge in [-0.25, -0.2) is 8.42 Å². The van der Waals surface area contributed by atoms with E-state index < -0.39 is 9.84 Å². The highest BCUT2D eigenvalue weighted by Crippen LogP contribution is 2.39. The Labute approximate surface area is 164 Å². The third-order valence-electron chi connectivity index (χ3n) is 4.94. The Hall–Kier alpha value is -1.99. The molecule has 2 aliphatic heterocycles. The first-order chi connectivity index (χ1) is 13.0. The van der Waals surface area contributed by atoms with Gasteiger partial charge >= 0.3 is 0 Å². The van der Waals surface area contributed by atoms with Crippen molar-refractivity contribution in [3.63, 3.8) is 0 Å². The Kier molecular flexibility index (Phi) is 4.90. The van der Waals surface area contributed by atoms with E-state index in [0.29, 0.717) is 0 Å². The van der Waals surface area contributed by atoms with E-state index in [1.54, 1.807) is 18.9 Å². The molecule has 7 heteroatoms. The van der Waals surface area contributed by atoms with Gasteiger partial charge < -0.3 is 9.64 Å². The highest BCUT2D eigenvalue weighted by atomic mass is 32.2. The van der Waals surface area contributed by atoms with Gasteiger partial charge in [-0.15, -0.1) is 0 Å². The van der Waals surface area contributed by atoms with Crippen molar-refractivity contribution in [2.45, 2.75) is 24.8 Å². The average Bonchev–Trinajstić information content (AvgIpc) is 3.12. The summed E-state index contributed by atoms with van der Waals surface area (Å²) in [7, 11) is -1.43. The number of aliphatic imine (C=N–C) groups is 1. The summed E-state index contributed by atoms with van der Waals surface area (Å²) in [6, 6.07) is 15.8. The number of anilines is 1. The Bertz CT molecular complexity index is 971. The van der Waals surface area contributed by atoms with E-state index in [1.165, 1.54) is 11.1 Å². The maximum absolute atomic E-state index is 12.2. The molecule has 0 saturated carbocycles. The number of fused-ring (bicyclic) bond motifs is 1. The van der Waals surface area contributed by atoms with Gasteiger partial charge in [0.05, 0.1) is 36.4 Å². The fourth-order valence-corrected chi connectivity index (χ4v) is 6.49. The van der Waals surface area contributed by atoms with Gasteiger partial charge in [-0.1, -0.05) is 53.7 Å². The first-order valence-corrected chi connectivity index (χ1v) is 11.7. The van der Waals surface area contributed by atoms with Crippen LogP contribution in [0.15, 0.2) is 53.5 Å². The van der Waals surface area contributed by atoms with Crippen LogP contribution in [0, 0.1) is 6.92 Å². The number of benzene rings is 2. The number of ether oxygens (including phenoxy) is 1. The molecule has 1 saturated heterocycles. The minimum atomic E-state index is -3.06. The summed E-state index contributed by atoms with van der Waals surface area (Å²) in [6.07, 6.45) is 0. The van der Waals surface area contributed by atoms with Crippen LogP contribution in [0.2, 0.25) is 0 Å². The molecule has 1 fully saturated rings. The van der Waals surface area contributed by atoms with Crippen molar-refractivity contribution in [2.24, 2.45) is 4.99 Å². The molecule has 2 heterocycles. The molecular weight excluding hydrogens is 380 g/mol. The Morgan fingerprint density at radius 2 is 1.89 bits per heavy atom. The van der Waals surface area contributed by atoms with Gasteiger partial charge in [-0.3, -0.25) is 4.99 Å². The molecule has 0 aliphatic carbocycles. The summed E-state index contributed by atoms with van der Waals surface area (Å²) >= 11 is 1.65. The first-order valence-electron chi connectivity index (χ1n) is 8.86. The SMILES string of the molecule is COc1ccccc1N1C(SCc2ccc(C)cc2)=NC2CS(=O)(=O)CC21. The predicted octanol–water partition coefficient (Wildman–Crippen LogP) is 3.28. The molecule has 4 rings (SSSR count). The number of thioether (sulfide) groups is 1. The molecule has 0 aromatic heterocycles. The van der Waals surface area contributed by atoms with Crippen LogP contribution in [0.5, 0.6) is 5.75 Å². The number of rotatable bonds is 4. The topological polar surface area (TPSA) is 59.0 Å². The molecule has 142 valence electrons. The van der Waals surface area contributed by atoms with Crippen molar-refractivity contribution < 1.29 is 13.2 Å². The molecule has 27 heavy (non-hydrogen) atoms. The fraction of sp³-hybridized carbons (Fsp3) is 0.350. The number of nitrogens with zero attached hydrogens (tertiary/aromatic N) is 2. The largest absolute Gasteiger partial charge is 0.495 e. The lowest BCUT2D eigenvalue weighted by atomic mass is 10.1. The number of hydrogen-bond donors (Lipinski definition) is 0. The van der Waals surface area contributed by atoms with E-state index in [9.17, 15) is 8.42 Å². The molecule has 2 aromatic rings. The quantitative estimate of drug-likeness (QED) is 0.786. The number of sulfone groups is 1. The lowest BCUT2D eigenvalue weighted by molar-refractivity contribution is 0.415. The number of methoxy groups -OCH3 is 1. The molecule has 0 bridgehead atoms. The second-order valence-corrected chi connectivity index (χ2v) is 10.0. The Morgan fingerprint density at radius 1 is 1.15 bits per heavy atom. The van der Waals surface area contributed by atoms with E-state index >= 15 is 0 Å². The second kappa shape index (κ2) is 7.20. The Morgan fingerprint density at radius 3 is 2.63 bits per heavy atom. The van der Waals surface area contributed by atoms with Crippen LogP contribution in [-0.4, -0.2) is 44.3 Å². The Balaban J connectivity index is 1.64. The van der Waals surface area contributed by atoms with E-state index in [1.807, 2.05) is 24.3 Å². The molecule has 2 aliphatic rings. The van der Waals surface area contributed by atoms with Crippen LogP contribution in [0.3, 0.4) is 0 Å². The molecule has 0 amide bonds. The molecule has 0 radical (unpaired) electrons. The van der Waals surface area contributed by atoms with Gasteiger partial charge in [-0.05, 0) is 24.6 Å². The van der Waals surface area contributed by atoms with Gasteiger partial charge in [0.15, 0.2) is 15.0 Å². The molecule has 2 aromatic carbocycles. The minimum Gasteiger partial charge on any atom is -0.495 e. The fourth-order valence-electron chi connectivity index (χ4n) is 3.58. The summed E-state index contributed by atoms with van der Waals surface area (Å²) in [5, 5.41) is 0.866. The molecular formula is C20H22N2O3S2. The second-order valence-electron chi connectivity index (χ2n) is 6.94. The van der Waals surface area contributed by atoms with E-state index in [4.69, 9.17) is 9.73 Å². The van der Waals surface area contributed by atoms with Gasteiger partial charge in [0.2, 0.25) is 0 Å². The van der Waals surface area contributed by atoms with Crippen LogP contribution >= 0.6 is 11.8 Å². The van der Waals surface area contributed by atoms with Gasteiger partial charge in [-0.2, -0.15) is 0 Å². The lowest BCUT2D eigenvalue weighted by Gasteiger charge is -2.27. The maximum atomic E-state index is 12.2. The molecule has 0 spiro atoms. The standard InChI is InChI=1S/C20H22N2O3S2/c1-14-7-9-15(10-8-14)11-26-20-21-16-12-27(23,24)13-18(16)22(20)17-5-3-4-6-19(17)25-2/h3-10,16,18H,11-13H2,1-2H3. The summed E-state index contributed by atoms with van der Waals surface area (Å²) in [5.41, 5.74) is 3.33. The summed E-state index contributed by atoms with van der Waals surface area (Å²) in [5.74, 6) is 1.77. The van der Waals surface area contributed by atoms with Crippen molar-refractivity contribution in [2.75, 3.05) is 23.5 Å². The van der Waals surface area contributed by atoms with Gasteiger partial charge in [0.1, 0.15) is 5.75 Å². The molecule has 0 N–H and O–H groups in total. The van der Waals surface area contributed by atoms with Crippen molar-refractivity contribution in [3.8, 4) is 5.75 Å². The maximum Gasteiger partial charge on any atom is 0.164 e. The number of amidine groups is 1. The summed E-state index contributed by atoms with van der Waals surface area (Å²) < 4.78 is 29.8. The van der Waals surface area contributed by atoms with Crippen LogP contribution < -0.4 is 9.64 Å². The number of para-hydroxylation sites is 2. The number of aryl methyl sites for hydroxylation is 1. The zero-order chi connectivity index (χ0) is 19.0. The van der Waals surface area contributed by atoms with E-state index in [-0.39, 0.29) is 23.6 Å². The summed E-state index contributed by atoms with van der Waals surface area (Å²) in [6.45, 7) is 2.07. The smallest absolute Gasteiger partial charge is 0.164 e. The van der Waals surface area contributed by atoms with Gasteiger partial charge in [0, 0.05) is 5.75 Å². The molecule has 2 unspecified atom stereocenters. The number of hydrogen-bond acceptors (Lipinski definition) is 6. The summed E-state index contributed by atoms with van der Waals surface area (Å²) in [4.78, 5) is 6.84. The van der Waals surface area contributed by atoms with E-state index in [0.717, 1.165) is 22.4 Å². The first kappa shape index (κ1) is 18.4. The van der Waals surface area contributed by atoms with Crippen molar-refractivity contribution in [1.82, 2.24) is 0 Å². The highest BCUT2D eigenvalue weighted by molar-refractivity contribution is 8.13. The molecule has 5 nitrogen and oxygen atoms in total. The normalized spacial score (nSPS) is 23.2. The highest BCUT2D eigenvalue weighted by Gasteiger charge is 2.47. The van der Waals surface area contributed by atoms with Crippen LogP contribution in [0.4, 0.5) is 5.69 Å². The zero-order valence-corrected chi connectivity index (χ0v) is 17.0. The van der Waals surface area contributed by atoms with Crippen LogP contribution in [0.25, 0.3) is 0 Å². The predicted molar refractivity (Wildman–Crippen MR) is 112 cm³/mol. The van der Waals surface area contributed by atoms with Gasteiger partial charge in [0.25, 0.3) is 0 Å². The monoisotopic (exact) mass is 402 g/mol. The van der Waals surface area contributed by atoms with Crippen molar-refractivity contribution in [3.05, 3.63) is 59.7 Å². The lowest BCUT2D eigenvalue weighted by Crippen LogP contribution is -2.39.